The van der Waals surface area contributed by atoms with E-state index in [-0.39, 0.29) is 0 Å². The minimum atomic E-state index is 0.441. The number of aryl methyl sites for hydroxylation is 1. The van der Waals surface area contributed by atoms with Gasteiger partial charge in [0.2, 0.25) is 0 Å². The maximum atomic E-state index is 5.87. The minimum absolute atomic E-state index is 0.441. The van der Waals surface area contributed by atoms with E-state index >= 15 is 0 Å². The maximum Gasteiger partial charge on any atom is 0.255 e. The van der Waals surface area contributed by atoms with Gasteiger partial charge in [-0.2, -0.15) is 5.10 Å². The highest BCUT2D eigenvalue weighted by atomic mass is 32.2. The third-order valence-electron chi connectivity index (χ3n) is 2.40. The summed E-state index contributed by atoms with van der Waals surface area (Å²) in [6, 6.07) is 0. The number of hydrogen-bond donors (Lipinski definition) is 1. The summed E-state index contributed by atoms with van der Waals surface area (Å²) in [6.45, 7) is 0. The molecular weight excluding hydrogens is 252 g/mol. The average Bonchev–Trinajstić information content (AvgIpc) is 2.98. The van der Waals surface area contributed by atoms with Gasteiger partial charge in [0.25, 0.3) is 5.22 Å². The van der Waals surface area contributed by atoms with E-state index in [0.717, 1.165) is 11.0 Å². The lowest BCUT2D eigenvalue weighted by atomic mass is 10.4. The highest BCUT2D eigenvalue weighted by Gasteiger charge is 2.10. The second-order valence-corrected chi connectivity index (χ2v) is 4.54. The topological polar surface area (TPSA) is 95.7 Å². The summed E-state index contributed by atoms with van der Waals surface area (Å²) in [7, 11) is 1.82. The molecule has 3 rings (SSSR count). The Hall–Kier alpha value is -2.09. The third kappa shape index (κ3) is 1.90. The largest absolute Gasteiger partial charge is 0.440 e. The Morgan fingerprint density at radius 3 is 3.11 bits per heavy atom. The molecule has 0 aliphatic carbocycles. The first-order chi connectivity index (χ1) is 8.74. The predicted octanol–water partition coefficient (Wildman–Crippen LogP) is 1.23. The summed E-state index contributed by atoms with van der Waals surface area (Å²) in [5.74, 6) is 1.62. The molecule has 2 N–H and O–H groups in total. The van der Waals surface area contributed by atoms with Crippen molar-refractivity contribution in [3.63, 3.8) is 0 Å². The van der Waals surface area contributed by atoms with Gasteiger partial charge in [-0.3, -0.25) is 4.68 Å². The lowest BCUT2D eigenvalue weighted by Crippen LogP contribution is -2.01. The van der Waals surface area contributed by atoms with Crippen LogP contribution in [-0.4, -0.2) is 24.7 Å². The first-order valence-corrected chi connectivity index (χ1v) is 6.19. The van der Waals surface area contributed by atoms with Gasteiger partial charge in [-0.15, -0.1) is 0 Å². The Bertz CT molecular complexity index is 677. The fourth-order valence-corrected chi connectivity index (χ4v) is 2.20. The molecule has 3 aromatic rings. The number of hydrogen-bond acceptors (Lipinski definition) is 7. The molecule has 0 bridgehead atoms. The van der Waals surface area contributed by atoms with Gasteiger partial charge < -0.3 is 10.2 Å². The Kier molecular flexibility index (Phi) is 2.63. The number of anilines is 1. The van der Waals surface area contributed by atoms with Crippen LogP contribution in [0.2, 0.25) is 0 Å². The number of oxazole rings is 1. The quantitative estimate of drug-likeness (QED) is 0.709. The Morgan fingerprint density at radius 2 is 2.33 bits per heavy atom. The monoisotopic (exact) mass is 262 g/mol. The number of nitrogens with two attached hydrogens (primary N) is 1. The summed E-state index contributed by atoms with van der Waals surface area (Å²) >= 11 is 1.42. The van der Waals surface area contributed by atoms with Gasteiger partial charge in [-0.05, 0) is 0 Å². The van der Waals surface area contributed by atoms with Crippen LogP contribution in [0.1, 0.15) is 5.82 Å². The van der Waals surface area contributed by atoms with Gasteiger partial charge in [0.1, 0.15) is 17.9 Å². The summed E-state index contributed by atoms with van der Waals surface area (Å²) in [5.41, 5.74) is 6.59. The zero-order valence-corrected chi connectivity index (χ0v) is 10.4. The molecule has 0 aromatic carbocycles. The lowest BCUT2D eigenvalue weighted by molar-refractivity contribution is 0.454. The van der Waals surface area contributed by atoms with Crippen LogP contribution in [0.25, 0.3) is 11.0 Å². The van der Waals surface area contributed by atoms with Crippen molar-refractivity contribution in [2.75, 3.05) is 5.73 Å². The van der Waals surface area contributed by atoms with Crippen LogP contribution in [0.15, 0.2) is 28.3 Å². The maximum absolute atomic E-state index is 5.87. The van der Waals surface area contributed by atoms with E-state index in [1.165, 1.54) is 18.0 Å². The molecule has 0 spiro atoms. The van der Waals surface area contributed by atoms with Crippen molar-refractivity contribution >= 4 is 28.6 Å². The van der Waals surface area contributed by atoms with Crippen LogP contribution in [0, 0.1) is 0 Å². The Morgan fingerprint density at radius 1 is 1.44 bits per heavy atom. The Balaban J connectivity index is 1.90. The number of fused-ring (bicyclic) bond motifs is 1. The summed E-state index contributed by atoms with van der Waals surface area (Å²) < 4.78 is 6.80. The molecule has 7 nitrogen and oxygen atoms in total. The van der Waals surface area contributed by atoms with Crippen molar-refractivity contribution in [1.82, 2.24) is 24.7 Å². The van der Waals surface area contributed by atoms with E-state index in [0.29, 0.717) is 22.6 Å². The van der Waals surface area contributed by atoms with Gasteiger partial charge in [-0.1, -0.05) is 11.8 Å². The predicted molar refractivity (Wildman–Crippen MR) is 66.8 cm³/mol. The number of thioether (sulfide) groups is 1. The second-order valence-electron chi connectivity index (χ2n) is 3.62. The number of nitrogens with zero attached hydrogens (tertiary/aromatic N) is 5. The molecule has 0 amide bonds. The van der Waals surface area contributed by atoms with Crippen LogP contribution < -0.4 is 5.73 Å². The fourth-order valence-electron chi connectivity index (χ4n) is 1.56. The molecule has 0 saturated heterocycles. The van der Waals surface area contributed by atoms with E-state index in [9.17, 15) is 0 Å². The summed E-state index contributed by atoms with van der Waals surface area (Å²) in [4.78, 5) is 12.7. The molecule has 0 atom stereocenters. The summed E-state index contributed by atoms with van der Waals surface area (Å²) in [6.07, 6.45) is 4.79. The van der Waals surface area contributed by atoms with Crippen molar-refractivity contribution < 1.29 is 4.42 Å². The lowest BCUT2D eigenvalue weighted by Gasteiger charge is -2.01. The van der Waals surface area contributed by atoms with E-state index in [2.05, 4.69) is 20.1 Å². The van der Waals surface area contributed by atoms with Gasteiger partial charge >= 0.3 is 0 Å². The molecule has 8 heteroatoms. The van der Waals surface area contributed by atoms with Crippen molar-refractivity contribution in [2.45, 2.75) is 11.0 Å². The highest BCUT2D eigenvalue weighted by Crippen LogP contribution is 2.22. The number of nitrogen functional groups attached to an aromatic ring is 1. The van der Waals surface area contributed by atoms with Crippen LogP contribution in [0.4, 0.5) is 5.82 Å². The fraction of sp³-hybridized carbons (Fsp3) is 0.200. The number of aromatic nitrogens is 5. The van der Waals surface area contributed by atoms with Gasteiger partial charge in [0, 0.05) is 7.05 Å². The molecule has 92 valence electrons. The van der Waals surface area contributed by atoms with E-state index < -0.39 is 0 Å². The highest BCUT2D eigenvalue weighted by molar-refractivity contribution is 7.98. The molecule has 18 heavy (non-hydrogen) atoms. The smallest absolute Gasteiger partial charge is 0.255 e. The standard InChI is InChI=1S/C10H10N6OS/c1-16-9-6(4-13-16)8(11)14-7(15-9)5-18-10-12-2-3-17-10/h2-4H,5H2,1H3,(H2,11,14,15). The molecular formula is C10H10N6OS. The van der Waals surface area contributed by atoms with Gasteiger partial charge in [-0.25, -0.2) is 15.0 Å². The van der Waals surface area contributed by atoms with E-state index in [4.69, 9.17) is 10.2 Å². The van der Waals surface area contributed by atoms with Crippen molar-refractivity contribution in [2.24, 2.45) is 7.05 Å². The van der Waals surface area contributed by atoms with Crippen molar-refractivity contribution in [1.29, 1.82) is 0 Å². The molecule has 0 fully saturated rings. The third-order valence-corrected chi connectivity index (χ3v) is 3.25. The SMILES string of the molecule is Cn1ncc2c(N)nc(CSc3ncco3)nc21. The zero-order valence-electron chi connectivity index (χ0n) is 9.57. The van der Waals surface area contributed by atoms with Crippen molar-refractivity contribution in [3.05, 3.63) is 24.5 Å². The Labute approximate surface area is 106 Å². The van der Waals surface area contributed by atoms with Crippen molar-refractivity contribution in [3.8, 4) is 0 Å². The molecule has 3 heterocycles. The average molecular weight is 262 g/mol. The zero-order chi connectivity index (χ0) is 12.5. The molecule has 0 unspecified atom stereocenters. The molecule has 3 aromatic heterocycles. The first kappa shape index (κ1) is 11.0. The second kappa shape index (κ2) is 4.30. The van der Waals surface area contributed by atoms with Crippen LogP contribution in [0.5, 0.6) is 0 Å². The van der Waals surface area contributed by atoms with E-state index in [1.54, 1.807) is 17.1 Å². The normalized spacial score (nSPS) is 11.2. The minimum Gasteiger partial charge on any atom is -0.440 e. The van der Waals surface area contributed by atoms with Gasteiger partial charge in [0.15, 0.2) is 5.65 Å². The van der Waals surface area contributed by atoms with Gasteiger partial charge in [0.05, 0.1) is 23.5 Å². The van der Waals surface area contributed by atoms with Crippen LogP contribution in [0.3, 0.4) is 0 Å². The van der Waals surface area contributed by atoms with Crippen LogP contribution in [-0.2, 0) is 12.8 Å². The molecule has 0 aliphatic heterocycles. The first-order valence-electron chi connectivity index (χ1n) is 5.20. The van der Waals surface area contributed by atoms with Crippen LogP contribution >= 0.6 is 11.8 Å². The molecule has 0 aliphatic rings. The number of rotatable bonds is 3. The molecule has 0 radical (unpaired) electrons. The molecule has 0 saturated carbocycles. The van der Waals surface area contributed by atoms with E-state index in [1.807, 2.05) is 7.05 Å². The summed E-state index contributed by atoms with van der Waals surface area (Å²) in [5, 5.41) is 5.46.